The number of hydrogen-bond acceptors (Lipinski definition) is 5. The van der Waals surface area contributed by atoms with E-state index in [2.05, 4.69) is 27.0 Å². The maximum Gasteiger partial charge on any atom is 0.252 e. The van der Waals surface area contributed by atoms with E-state index < -0.39 is 0 Å². The number of ketones is 1. The highest BCUT2D eigenvalue weighted by Crippen LogP contribution is 2.24. The van der Waals surface area contributed by atoms with Gasteiger partial charge in [0, 0.05) is 30.6 Å². The molecule has 1 aliphatic carbocycles. The van der Waals surface area contributed by atoms with Crippen LogP contribution in [0.5, 0.6) is 0 Å². The molecule has 0 bridgehead atoms. The van der Waals surface area contributed by atoms with Crippen LogP contribution in [-0.2, 0) is 6.42 Å². The minimum atomic E-state index is 0.138. The third-order valence-corrected chi connectivity index (χ3v) is 3.73. The third kappa shape index (κ3) is 1.99. The van der Waals surface area contributed by atoms with Gasteiger partial charge in [-0.05, 0) is 24.5 Å². The number of pyridine rings is 1. The zero-order chi connectivity index (χ0) is 14.4. The highest BCUT2D eigenvalue weighted by molar-refractivity contribution is 5.98. The maximum atomic E-state index is 12.1. The monoisotopic (exact) mass is 279 g/mol. The van der Waals surface area contributed by atoms with E-state index in [4.69, 9.17) is 0 Å². The number of Topliss-reactive ketones (excluding diaryl/α,β-unsaturated/α-hetero) is 1. The standard InChI is InChI=1S/C15H13N5O/c1-9-6-12-11(13(21)7-9)8-20-15(17-12)18-14(19-20)10-2-4-16-5-3-10/h2-5,8-9H,6-7H2,1H3. The average Bonchev–Trinajstić information content (AvgIpc) is 2.89. The van der Waals surface area contributed by atoms with Crippen LogP contribution in [0, 0.1) is 5.92 Å². The van der Waals surface area contributed by atoms with E-state index in [0.717, 1.165) is 17.7 Å². The van der Waals surface area contributed by atoms with Gasteiger partial charge in [0.15, 0.2) is 11.6 Å². The van der Waals surface area contributed by atoms with Crippen LogP contribution in [0.4, 0.5) is 0 Å². The van der Waals surface area contributed by atoms with Crippen molar-refractivity contribution in [2.24, 2.45) is 5.92 Å². The quantitative estimate of drug-likeness (QED) is 0.680. The fraction of sp³-hybridized carbons (Fsp3) is 0.267. The van der Waals surface area contributed by atoms with Crippen molar-refractivity contribution in [2.75, 3.05) is 0 Å². The lowest BCUT2D eigenvalue weighted by molar-refractivity contribution is 0.0951. The van der Waals surface area contributed by atoms with Crippen molar-refractivity contribution in [3.05, 3.63) is 42.0 Å². The van der Waals surface area contributed by atoms with E-state index in [9.17, 15) is 4.79 Å². The first kappa shape index (κ1) is 12.1. The fourth-order valence-corrected chi connectivity index (χ4v) is 2.70. The molecular weight excluding hydrogens is 266 g/mol. The largest absolute Gasteiger partial charge is 0.294 e. The summed E-state index contributed by atoms with van der Waals surface area (Å²) in [6.07, 6.45) is 6.54. The van der Waals surface area contributed by atoms with E-state index in [0.29, 0.717) is 29.5 Å². The summed E-state index contributed by atoms with van der Waals surface area (Å²) >= 11 is 0. The Hall–Kier alpha value is -2.63. The summed E-state index contributed by atoms with van der Waals surface area (Å²) in [5.74, 6) is 1.59. The van der Waals surface area contributed by atoms with Crippen LogP contribution in [-0.4, -0.2) is 30.3 Å². The van der Waals surface area contributed by atoms with E-state index in [1.54, 1.807) is 23.1 Å². The van der Waals surface area contributed by atoms with Crippen LogP contribution in [0.25, 0.3) is 17.2 Å². The van der Waals surface area contributed by atoms with Gasteiger partial charge in [0.05, 0.1) is 11.3 Å². The molecule has 0 saturated carbocycles. The molecule has 3 aromatic rings. The molecule has 1 unspecified atom stereocenters. The maximum absolute atomic E-state index is 12.1. The minimum absolute atomic E-state index is 0.138. The summed E-state index contributed by atoms with van der Waals surface area (Å²) in [5.41, 5.74) is 2.39. The number of hydrogen-bond donors (Lipinski definition) is 0. The van der Waals surface area contributed by atoms with E-state index >= 15 is 0 Å². The second-order valence-corrected chi connectivity index (χ2v) is 5.45. The number of rotatable bonds is 1. The van der Waals surface area contributed by atoms with E-state index in [1.807, 2.05) is 12.1 Å². The van der Waals surface area contributed by atoms with Crippen molar-refractivity contribution in [3.63, 3.8) is 0 Å². The number of fused-ring (bicyclic) bond motifs is 2. The Labute approximate surface area is 120 Å². The van der Waals surface area contributed by atoms with Gasteiger partial charge < -0.3 is 0 Å². The molecule has 0 fully saturated rings. The normalized spacial score (nSPS) is 18.0. The van der Waals surface area contributed by atoms with Crippen molar-refractivity contribution >= 4 is 11.6 Å². The summed E-state index contributed by atoms with van der Waals surface area (Å²) < 4.78 is 1.59. The SMILES string of the molecule is CC1CC(=O)c2cn3nc(-c4ccncc4)nc3nc2C1. The molecule has 0 amide bonds. The Balaban J connectivity index is 1.88. The summed E-state index contributed by atoms with van der Waals surface area (Å²) in [4.78, 5) is 25.0. The molecular formula is C15H13N5O. The molecule has 0 aromatic carbocycles. The van der Waals surface area contributed by atoms with Crippen LogP contribution < -0.4 is 0 Å². The van der Waals surface area contributed by atoms with Gasteiger partial charge in [0.1, 0.15) is 0 Å². The highest BCUT2D eigenvalue weighted by Gasteiger charge is 2.25. The molecule has 0 N–H and O–H groups in total. The van der Waals surface area contributed by atoms with Gasteiger partial charge in [-0.1, -0.05) is 6.92 Å². The van der Waals surface area contributed by atoms with Gasteiger partial charge >= 0.3 is 0 Å². The molecule has 1 aliphatic rings. The predicted molar refractivity (Wildman–Crippen MR) is 75.8 cm³/mol. The average molecular weight is 279 g/mol. The highest BCUT2D eigenvalue weighted by atomic mass is 16.1. The molecule has 1 atom stereocenters. The van der Waals surface area contributed by atoms with Gasteiger partial charge in [0.2, 0.25) is 0 Å². The summed E-state index contributed by atoms with van der Waals surface area (Å²) in [5, 5.41) is 4.41. The molecule has 0 radical (unpaired) electrons. The minimum Gasteiger partial charge on any atom is -0.294 e. The second-order valence-electron chi connectivity index (χ2n) is 5.45. The number of nitrogens with zero attached hydrogens (tertiary/aromatic N) is 5. The Morgan fingerprint density at radius 2 is 2.00 bits per heavy atom. The van der Waals surface area contributed by atoms with Crippen molar-refractivity contribution in [2.45, 2.75) is 19.8 Å². The molecule has 3 aromatic heterocycles. The van der Waals surface area contributed by atoms with Crippen LogP contribution >= 0.6 is 0 Å². The zero-order valence-electron chi connectivity index (χ0n) is 11.5. The smallest absolute Gasteiger partial charge is 0.252 e. The zero-order valence-corrected chi connectivity index (χ0v) is 11.5. The Morgan fingerprint density at radius 3 is 2.81 bits per heavy atom. The number of aromatic nitrogens is 5. The van der Waals surface area contributed by atoms with Gasteiger partial charge in [-0.3, -0.25) is 9.78 Å². The molecule has 4 rings (SSSR count). The number of carbonyl (C=O) groups is 1. The summed E-state index contributed by atoms with van der Waals surface area (Å²) in [7, 11) is 0. The Morgan fingerprint density at radius 1 is 1.19 bits per heavy atom. The van der Waals surface area contributed by atoms with Crippen molar-refractivity contribution in [1.29, 1.82) is 0 Å². The summed E-state index contributed by atoms with van der Waals surface area (Å²) in [6, 6.07) is 3.70. The van der Waals surface area contributed by atoms with E-state index in [-0.39, 0.29) is 5.78 Å². The molecule has 0 saturated heterocycles. The molecule has 0 aliphatic heterocycles. The molecule has 6 heteroatoms. The Bertz CT molecular complexity index is 840. The third-order valence-electron chi connectivity index (χ3n) is 3.73. The molecule has 3 heterocycles. The molecule has 0 spiro atoms. The Kier molecular flexibility index (Phi) is 2.57. The first-order valence-electron chi connectivity index (χ1n) is 6.90. The van der Waals surface area contributed by atoms with Crippen LogP contribution in [0.15, 0.2) is 30.7 Å². The van der Waals surface area contributed by atoms with Crippen molar-refractivity contribution in [3.8, 4) is 11.4 Å². The topological polar surface area (TPSA) is 73.0 Å². The first-order valence-corrected chi connectivity index (χ1v) is 6.90. The number of carbonyl (C=O) groups excluding carboxylic acids is 1. The lowest BCUT2D eigenvalue weighted by Gasteiger charge is -2.18. The first-order chi connectivity index (χ1) is 10.2. The fourth-order valence-electron chi connectivity index (χ4n) is 2.70. The molecule has 104 valence electrons. The van der Waals surface area contributed by atoms with Gasteiger partial charge in [-0.15, -0.1) is 5.10 Å². The lowest BCUT2D eigenvalue weighted by atomic mass is 9.88. The van der Waals surface area contributed by atoms with Crippen LogP contribution in [0.1, 0.15) is 29.4 Å². The van der Waals surface area contributed by atoms with Gasteiger partial charge in [-0.2, -0.15) is 4.98 Å². The molecule has 6 nitrogen and oxygen atoms in total. The van der Waals surface area contributed by atoms with Crippen LogP contribution in [0.3, 0.4) is 0 Å². The predicted octanol–water partition coefficient (Wildman–Crippen LogP) is 1.95. The lowest BCUT2D eigenvalue weighted by Crippen LogP contribution is -2.20. The summed E-state index contributed by atoms with van der Waals surface area (Å²) in [6.45, 7) is 2.07. The van der Waals surface area contributed by atoms with Crippen molar-refractivity contribution < 1.29 is 4.79 Å². The van der Waals surface area contributed by atoms with Gasteiger partial charge in [-0.25, -0.2) is 9.50 Å². The van der Waals surface area contributed by atoms with Crippen LogP contribution in [0.2, 0.25) is 0 Å². The van der Waals surface area contributed by atoms with E-state index in [1.165, 1.54) is 0 Å². The van der Waals surface area contributed by atoms with Gasteiger partial charge in [0.25, 0.3) is 5.78 Å². The second kappa shape index (κ2) is 4.44. The van der Waals surface area contributed by atoms with Crippen molar-refractivity contribution in [1.82, 2.24) is 24.6 Å². The molecule has 21 heavy (non-hydrogen) atoms.